The smallest absolute Gasteiger partial charge is 0.273 e. The monoisotopic (exact) mass is 471 g/mol. The number of hydrogen-bond donors (Lipinski definition) is 2. The van der Waals surface area contributed by atoms with Gasteiger partial charge in [0.15, 0.2) is 0 Å². The van der Waals surface area contributed by atoms with Crippen LogP contribution < -0.4 is 15.6 Å². The Labute approximate surface area is 199 Å². The van der Waals surface area contributed by atoms with E-state index in [1.54, 1.807) is 41.3 Å². The summed E-state index contributed by atoms with van der Waals surface area (Å²) >= 11 is 5.91. The van der Waals surface area contributed by atoms with Crippen molar-refractivity contribution in [2.75, 3.05) is 13.1 Å². The SMILES string of the molecule is CC(C)(C)C(=O)N1CCC(C(=O)NNC(=O)c2ccccc2OCc2ccc(Cl)cc2)CC1. The summed E-state index contributed by atoms with van der Waals surface area (Å²) in [5.41, 5.74) is 5.80. The van der Waals surface area contributed by atoms with Crippen LogP contribution in [0.1, 0.15) is 49.5 Å². The molecular weight excluding hydrogens is 442 g/mol. The van der Waals surface area contributed by atoms with E-state index in [1.165, 1.54) is 0 Å². The Bertz CT molecular complexity index is 993. The van der Waals surface area contributed by atoms with Crippen LogP contribution in [0.2, 0.25) is 5.02 Å². The van der Waals surface area contributed by atoms with E-state index in [0.717, 1.165) is 5.56 Å². The summed E-state index contributed by atoms with van der Waals surface area (Å²) in [6.07, 6.45) is 1.12. The molecule has 0 atom stereocenters. The molecule has 0 saturated carbocycles. The lowest BCUT2D eigenvalue weighted by Gasteiger charge is -2.35. The van der Waals surface area contributed by atoms with Crippen molar-refractivity contribution >= 4 is 29.3 Å². The highest BCUT2D eigenvalue weighted by Gasteiger charge is 2.32. The van der Waals surface area contributed by atoms with Crippen LogP contribution in [0.5, 0.6) is 5.75 Å². The molecule has 0 spiro atoms. The number of halogens is 1. The predicted octanol–water partition coefficient (Wildman–Crippen LogP) is 3.96. The van der Waals surface area contributed by atoms with E-state index in [0.29, 0.717) is 42.3 Å². The minimum absolute atomic E-state index is 0.0878. The summed E-state index contributed by atoms with van der Waals surface area (Å²) in [6, 6.07) is 14.1. The van der Waals surface area contributed by atoms with E-state index in [9.17, 15) is 14.4 Å². The van der Waals surface area contributed by atoms with Gasteiger partial charge in [-0.2, -0.15) is 0 Å². The Balaban J connectivity index is 1.51. The zero-order chi connectivity index (χ0) is 24.0. The molecule has 3 amide bonds. The average Bonchev–Trinajstić information content (AvgIpc) is 2.81. The average molecular weight is 472 g/mol. The Kier molecular flexibility index (Phi) is 7.97. The van der Waals surface area contributed by atoms with Gasteiger partial charge in [0.2, 0.25) is 11.8 Å². The third-order valence-electron chi connectivity index (χ3n) is 5.53. The molecule has 1 fully saturated rings. The molecule has 1 aliphatic heterocycles. The summed E-state index contributed by atoms with van der Waals surface area (Å²) in [7, 11) is 0. The predicted molar refractivity (Wildman–Crippen MR) is 127 cm³/mol. The van der Waals surface area contributed by atoms with Crippen molar-refractivity contribution in [1.29, 1.82) is 0 Å². The first-order chi connectivity index (χ1) is 15.6. The maximum atomic E-state index is 12.7. The molecule has 8 heteroatoms. The number of hydrazine groups is 1. The molecule has 33 heavy (non-hydrogen) atoms. The van der Waals surface area contributed by atoms with Gasteiger partial charge in [-0.25, -0.2) is 0 Å². The number of carbonyl (C=O) groups excluding carboxylic acids is 3. The molecule has 2 aromatic rings. The summed E-state index contributed by atoms with van der Waals surface area (Å²) in [6.45, 7) is 7.01. The van der Waals surface area contributed by atoms with Gasteiger partial charge in [0, 0.05) is 29.4 Å². The first-order valence-corrected chi connectivity index (χ1v) is 11.4. The van der Waals surface area contributed by atoms with Gasteiger partial charge in [-0.1, -0.05) is 56.6 Å². The van der Waals surface area contributed by atoms with Gasteiger partial charge in [-0.05, 0) is 42.7 Å². The molecule has 1 aliphatic rings. The molecule has 0 unspecified atom stereocenters. The van der Waals surface area contributed by atoms with Gasteiger partial charge in [0.05, 0.1) is 5.56 Å². The molecular formula is C25H30ClN3O4. The largest absolute Gasteiger partial charge is 0.488 e. The van der Waals surface area contributed by atoms with Gasteiger partial charge in [-0.3, -0.25) is 25.2 Å². The zero-order valence-corrected chi connectivity index (χ0v) is 19.9. The summed E-state index contributed by atoms with van der Waals surface area (Å²) in [5, 5.41) is 0.640. The second-order valence-electron chi connectivity index (χ2n) is 9.17. The highest BCUT2D eigenvalue weighted by Crippen LogP contribution is 2.24. The lowest BCUT2D eigenvalue weighted by Crippen LogP contribution is -2.49. The van der Waals surface area contributed by atoms with Crippen LogP contribution in [0.4, 0.5) is 0 Å². The van der Waals surface area contributed by atoms with Crippen LogP contribution in [0.25, 0.3) is 0 Å². The Morgan fingerprint density at radius 3 is 2.27 bits per heavy atom. The highest BCUT2D eigenvalue weighted by molar-refractivity contribution is 6.30. The number of piperidine rings is 1. The number of likely N-dealkylation sites (tertiary alicyclic amines) is 1. The summed E-state index contributed by atoms with van der Waals surface area (Å²) in [5.74, 6) is -0.482. The number of hydrogen-bond acceptors (Lipinski definition) is 4. The minimum Gasteiger partial charge on any atom is -0.488 e. The number of nitrogens with zero attached hydrogens (tertiary/aromatic N) is 1. The zero-order valence-electron chi connectivity index (χ0n) is 19.2. The maximum absolute atomic E-state index is 12.7. The second-order valence-corrected chi connectivity index (χ2v) is 9.61. The quantitative estimate of drug-likeness (QED) is 0.646. The van der Waals surface area contributed by atoms with E-state index in [2.05, 4.69) is 10.9 Å². The van der Waals surface area contributed by atoms with Crippen LogP contribution in [0.15, 0.2) is 48.5 Å². The number of benzene rings is 2. The summed E-state index contributed by atoms with van der Waals surface area (Å²) in [4.78, 5) is 39.5. The van der Waals surface area contributed by atoms with Crippen LogP contribution >= 0.6 is 11.6 Å². The fraction of sp³-hybridized carbons (Fsp3) is 0.400. The van der Waals surface area contributed by atoms with Crippen molar-refractivity contribution < 1.29 is 19.1 Å². The molecule has 1 saturated heterocycles. The second kappa shape index (κ2) is 10.7. The van der Waals surface area contributed by atoms with Gasteiger partial charge in [0.25, 0.3) is 5.91 Å². The number of ether oxygens (including phenoxy) is 1. The van der Waals surface area contributed by atoms with Crippen LogP contribution in [0, 0.1) is 11.3 Å². The third kappa shape index (κ3) is 6.71. The van der Waals surface area contributed by atoms with Gasteiger partial charge in [0.1, 0.15) is 12.4 Å². The van der Waals surface area contributed by atoms with E-state index >= 15 is 0 Å². The lowest BCUT2D eigenvalue weighted by molar-refractivity contribution is -0.142. The first-order valence-electron chi connectivity index (χ1n) is 11.0. The van der Waals surface area contributed by atoms with Crippen LogP contribution in [-0.2, 0) is 16.2 Å². The molecule has 0 aromatic heterocycles. The van der Waals surface area contributed by atoms with Crippen molar-refractivity contribution in [2.24, 2.45) is 11.3 Å². The van der Waals surface area contributed by atoms with Crippen molar-refractivity contribution in [3.05, 3.63) is 64.7 Å². The number of nitrogens with one attached hydrogen (secondary N) is 2. The third-order valence-corrected chi connectivity index (χ3v) is 5.79. The van der Waals surface area contributed by atoms with Crippen LogP contribution in [-0.4, -0.2) is 35.7 Å². The lowest BCUT2D eigenvalue weighted by atomic mass is 9.91. The molecule has 2 aromatic carbocycles. The Morgan fingerprint density at radius 1 is 1.00 bits per heavy atom. The van der Waals surface area contributed by atoms with Crippen molar-refractivity contribution in [3.63, 3.8) is 0 Å². The minimum atomic E-state index is -0.463. The van der Waals surface area contributed by atoms with Crippen LogP contribution in [0.3, 0.4) is 0 Å². The molecule has 3 rings (SSSR count). The number of amides is 3. The molecule has 0 radical (unpaired) electrons. The first kappa shape index (κ1) is 24.6. The number of carbonyl (C=O) groups is 3. The fourth-order valence-corrected chi connectivity index (χ4v) is 3.75. The Hall–Kier alpha value is -3.06. The van der Waals surface area contributed by atoms with Gasteiger partial charge >= 0.3 is 0 Å². The number of para-hydroxylation sites is 1. The van der Waals surface area contributed by atoms with Crippen molar-refractivity contribution in [3.8, 4) is 5.75 Å². The molecule has 176 valence electrons. The van der Waals surface area contributed by atoms with Gasteiger partial charge in [-0.15, -0.1) is 0 Å². The normalized spacial score (nSPS) is 14.5. The van der Waals surface area contributed by atoms with Crippen molar-refractivity contribution in [2.45, 2.75) is 40.2 Å². The van der Waals surface area contributed by atoms with Crippen molar-refractivity contribution in [1.82, 2.24) is 15.8 Å². The van der Waals surface area contributed by atoms with E-state index in [1.807, 2.05) is 32.9 Å². The Morgan fingerprint density at radius 2 is 1.64 bits per heavy atom. The maximum Gasteiger partial charge on any atom is 0.273 e. The van der Waals surface area contributed by atoms with E-state index in [4.69, 9.17) is 16.3 Å². The molecule has 7 nitrogen and oxygen atoms in total. The highest BCUT2D eigenvalue weighted by atomic mass is 35.5. The van der Waals surface area contributed by atoms with E-state index in [-0.39, 0.29) is 24.3 Å². The van der Waals surface area contributed by atoms with Gasteiger partial charge < -0.3 is 9.64 Å². The molecule has 0 bridgehead atoms. The summed E-state index contributed by atoms with van der Waals surface area (Å²) < 4.78 is 5.81. The topological polar surface area (TPSA) is 87.7 Å². The van der Waals surface area contributed by atoms with E-state index < -0.39 is 11.3 Å². The fourth-order valence-electron chi connectivity index (χ4n) is 3.63. The molecule has 1 heterocycles. The standard InChI is InChI=1S/C25H30ClN3O4/c1-25(2,3)24(32)29-14-12-18(13-15-29)22(30)27-28-23(31)20-6-4-5-7-21(20)33-16-17-8-10-19(26)11-9-17/h4-11,18H,12-16H2,1-3H3,(H,27,30)(H,28,31). The molecule has 0 aliphatic carbocycles. The molecule has 2 N–H and O–H groups in total. The number of rotatable bonds is 5.